The highest BCUT2D eigenvalue weighted by Gasteiger charge is 2.43. The molecule has 0 aromatic heterocycles. The Hall–Kier alpha value is -1.42. The van der Waals surface area contributed by atoms with Gasteiger partial charge in [-0.15, -0.1) is 0 Å². The molecular formula is C16H20FNO2. The predicted molar refractivity (Wildman–Crippen MR) is 73.7 cm³/mol. The number of hydrogen-bond acceptors (Lipinski definition) is 2. The topological polar surface area (TPSA) is 40.5 Å². The van der Waals surface area contributed by atoms with Crippen LogP contribution in [0.25, 0.3) is 0 Å². The minimum atomic E-state index is -0.325. The van der Waals surface area contributed by atoms with E-state index in [1.54, 1.807) is 4.90 Å². The van der Waals surface area contributed by atoms with Crippen LogP contribution in [-0.2, 0) is 0 Å². The van der Waals surface area contributed by atoms with Crippen LogP contribution in [0.15, 0.2) is 24.3 Å². The Balaban J connectivity index is 1.66. The second kappa shape index (κ2) is 5.17. The molecule has 0 heterocycles. The van der Waals surface area contributed by atoms with E-state index < -0.39 is 0 Å². The monoisotopic (exact) mass is 277 g/mol. The fraction of sp³-hybridized carbons (Fsp3) is 0.562. The summed E-state index contributed by atoms with van der Waals surface area (Å²) >= 11 is 0. The van der Waals surface area contributed by atoms with Gasteiger partial charge >= 0.3 is 0 Å². The number of benzene rings is 1. The van der Waals surface area contributed by atoms with Crippen LogP contribution in [0.5, 0.6) is 0 Å². The number of hydrogen-bond donors (Lipinski definition) is 1. The van der Waals surface area contributed by atoms with Crippen molar-refractivity contribution in [3.05, 3.63) is 35.6 Å². The van der Waals surface area contributed by atoms with Gasteiger partial charge < -0.3 is 10.0 Å². The number of amides is 1. The summed E-state index contributed by atoms with van der Waals surface area (Å²) in [6, 6.07) is 5.96. The lowest BCUT2D eigenvalue weighted by Crippen LogP contribution is -2.36. The molecule has 0 spiro atoms. The maximum absolute atomic E-state index is 12.9. The van der Waals surface area contributed by atoms with E-state index in [0.29, 0.717) is 17.4 Å². The number of halogens is 1. The van der Waals surface area contributed by atoms with Crippen molar-refractivity contribution in [1.82, 2.24) is 4.90 Å². The highest BCUT2D eigenvalue weighted by atomic mass is 19.1. The van der Waals surface area contributed by atoms with E-state index in [1.807, 2.05) is 7.05 Å². The lowest BCUT2D eigenvalue weighted by atomic mass is 10.0. The largest absolute Gasteiger partial charge is 0.393 e. The lowest BCUT2D eigenvalue weighted by Gasteiger charge is -2.25. The summed E-state index contributed by atoms with van der Waals surface area (Å²) in [4.78, 5) is 14.2. The Morgan fingerprint density at radius 1 is 1.15 bits per heavy atom. The van der Waals surface area contributed by atoms with E-state index in [2.05, 4.69) is 0 Å². The molecule has 4 atom stereocenters. The molecule has 1 aromatic rings. The maximum Gasteiger partial charge on any atom is 0.253 e. The normalized spacial score (nSPS) is 32.1. The molecule has 0 aliphatic heterocycles. The molecule has 3 nitrogen and oxygen atoms in total. The van der Waals surface area contributed by atoms with Gasteiger partial charge in [-0.1, -0.05) is 0 Å². The lowest BCUT2D eigenvalue weighted by molar-refractivity contribution is 0.0722. The molecule has 108 valence electrons. The number of carbonyl (C=O) groups excluding carboxylic acids is 1. The molecule has 2 fully saturated rings. The van der Waals surface area contributed by atoms with Gasteiger partial charge in [0.2, 0.25) is 0 Å². The zero-order valence-electron chi connectivity index (χ0n) is 11.6. The average Bonchev–Trinajstić information content (AvgIpc) is 2.95. The third-order valence-corrected chi connectivity index (χ3v) is 4.93. The minimum Gasteiger partial charge on any atom is -0.393 e. The van der Waals surface area contributed by atoms with Crippen molar-refractivity contribution < 1.29 is 14.3 Å². The Labute approximate surface area is 118 Å². The molecule has 0 bridgehead atoms. The van der Waals surface area contributed by atoms with Gasteiger partial charge in [0.1, 0.15) is 5.82 Å². The standard InChI is InChI=1S/C16H20FNO2/c1-18(16(20)10-2-4-13(17)5-3-10)14-6-11-8-15(19)9-12(11)7-14/h2-5,11-12,14-15,19H,6-9H2,1H3/t11-,12+,14?,15?. The number of carbonyl (C=O) groups is 1. The van der Waals surface area contributed by atoms with Gasteiger partial charge in [0, 0.05) is 18.7 Å². The first-order valence-corrected chi connectivity index (χ1v) is 7.25. The van der Waals surface area contributed by atoms with Gasteiger partial charge in [-0.3, -0.25) is 4.79 Å². The number of fused-ring (bicyclic) bond motifs is 1. The average molecular weight is 277 g/mol. The van der Waals surface area contributed by atoms with Crippen LogP contribution >= 0.6 is 0 Å². The summed E-state index contributed by atoms with van der Waals surface area (Å²) in [5.74, 6) is 0.737. The van der Waals surface area contributed by atoms with Crippen molar-refractivity contribution in [3.8, 4) is 0 Å². The molecule has 1 N–H and O–H groups in total. The first-order chi connectivity index (χ1) is 9.54. The van der Waals surface area contributed by atoms with Gasteiger partial charge in [0.15, 0.2) is 0 Å². The van der Waals surface area contributed by atoms with Gasteiger partial charge in [0.05, 0.1) is 6.10 Å². The highest BCUT2D eigenvalue weighted by molar-refractivity contribution is 5.94. The molecule has 0 radical (unpaired) electrons. The summed E-state index contributed by atoms with van der Waals surface area (Å²) in [6.07, 6.45) is 3.56. The van der Waals surface area contributed by atoms with E-state index in [9.17, 15) is 14.3 Å². The van der Waals surface area contributed by atoms with Crippen LogP contribution < -0.4 is 0 Å². The highest BCUT2D eigenvalue weighted by Crippen LogP contribution is 2.45. The third kappa shape index (κ3) is 2.44. The van der Waals surface area contributed by atoms with E-state index in [0.717, 1.165) is 25.7 Å². The maximum atomic E-state index is 12.9. The van der Waals surface area contributed by atoms with Crippen molar-refractivity contribution in [2.75, 3.05) is 7.05 Å². The SMILES string of the molecule is CN(C(=O)c1ccc(F)cc1)C1C[C@H]2CC(O)C[C@H]2C1. The molecule has 3 rings (SSSR count). The van der Waals surface area contributed by atoms with Crippen molar-refractivity contribution in [3.63, 3.8) is 0 Å². The third-order valence-electron chi connectivity index (χ3n) is 4.93. The molecular weight excluding hydrogens is 257 g/mol. The molecule has 2 aliphatic carbocycles. The first kappa shape index (κ1) is 13.6. The van der Waals surface area contributed by atoms with Crippen LogP contribution in [0.2, 0.25) is 0 Å². The molecule has 20 heavy (non-hydrogen) atoms. The molecule has 0 saturated heterocycles. The fourth-order valence-corrected chi connectivity index (χ4v) is 3.83. The minimum absolute atomic E-state index is 0.0458. The van der Waals surface area contributed by atoms with Crippen molar-refractivity contribution in [2.24, 2.45) is 11.8 Å². The molecule has 2 saturated carbocycles. The molecule has 1 aromatic carbocycles. The van der Waals surface area contributed by atoms with Crippen molar-refractivity contribution in [2.45, 2.75) is 37.8 Å². The molecule has 4 heteroatoms. The Kier molecular flexibility index (Phi) is 3.50. The Morgan fingerprint density at radius 3 is 2.25 bits per heavy atom. The quantitative estimate of drug-likeness (QED) is 0.902. The number of aliphatic hydroxyl groups excluding tert-OH is 1. The molecule has 1 amide bonds. The Morgan fingerprint density at radius 2 is 1.70 bits per heavy atom. The van der Waals surface area contributed by atoms with Gasteiger partial charge in [-0.05, 0) is 61.8 Å². The van der Waals surface area contributed by atoms with Crippen LogP contribution in [0.3, 0.4) is 0 Å². The number of rotatable bonds is 2. The predicted octanol–water partition coefficient (Wildman–Crippen LogP) is 2.45. The summed E-state index contributed by atoms with van der Waals surface area (Å²) < 4.78 is 12.9. The Bertz CT molecular complexity index is 488. The summed E-state index contributed by atoms with van der Waals surface area (Å²) in [5.41, 5.74) is 0.533. The van der Waals surface area contributed by atoms with E-state index >= 15 is 0 Å². The van der Waals surface area contributed by atoms with Crippen LogP contribution in [0, 0.1) is 17.7 Å². The van der Waals surface area contributed by atoms with Gasteiger partial charge in [-0.25, -0.2) is 4.39 Å². The van der Waals surface area contributed by atoms with E-state index in [4.69, 9.17) is 0 Å². The van der Waals surface area contributed by atoms with Crippen LogP contribution in [0.4, 0.5) is 4.39 Å². The van der Waals surface area contributed by atoms with Crippen molar-refractivity contribution in [1.29, 1.82) is 0 Å². The van der Waals surface area contributed by atoms with E-state index in [1.165, 1.54) is 24.3 Å². The zero-order chi connectivity index (χ0) is 14.3. The molecule has 2 aliphatic rings. The summed E-state index contributed by atoms with van der Waals surface area (Å²) in [6.45, 7) is 0. The number of nitrogens with zero attached hydrogens (tertiary/aromatic N) is 1. The smallest absolute Gasteiger partial charge is 0.253 e. The number of aliphatic hydroxyl groups is 1. The fourth-order valence-electron chi connectivity index (χ4n) is 3.83. The zero-order valence-corrected chi connectivity index (χ0v) is 11.6. The van der Waals surface area contributed by atoms with Crippen LogP contribution in [0.1, 0.15) is 36.0 Å². The summed E-state index contributed by atoms with van der Waals surface area (Å²) in [7, 11) is 1.83. The van der Waals surface area contributed by atoms with Gasteiger partial charge in [-0.2, -0.15) is 0 Å². The van der Waals surface area contributed by atoms with Crippen molar-refractivity contribution >= 4 is 5.91 Å². The second-order valence-electron chi connectivity index (χ2n) is 6.19. The van der Waals surface area contributed by atoms with E-state index in [-0.39, 0.29) is 23.9 Å². The van der Waals surface area contributed by atoms with Crippen LogP contribution in [-0.4, -0.2) is 35.1 Å². The van der Waals surface area contributed by atoms with Gasteiger partial charge in [0.25, 0.3) is 5.91 Å². The molecule has 2 unspecified atom stereocenters. The summed E-state index contributed by atoms with van der Waals surface area (Å²) in [5, 5.41) is 9.66. The second-order valence-corrected chi connectivity index (χ2v) is 6.19. The first-order valence-electron chi connectivity index (χ1n) is 7.25.